The van der Waals surface area contributed by atoms with Crippen LogP contribution in [-0.2, 0) is 0 Å². The Kier molecular flexibility index (Phi) is 4.02. The highest BCUT2D eigenvalue weighted by Crippen LogP contribution is 2.33. The average molecular weight is 352 g/mol. The van der Waals surface area contributed by atoms with E-state index in [4.69, 9.17) is 8.83 Å². The Balaban J connectivity index is 1.83. The van der Waals surface area contributed by atoms with Crippen molar-refractivity contribution in [2.45, 2.75) is 19.1 Å². The molecule has 2 aromatic heterocycles. The largest absolute Gasteiger partial charge is 0.467 e. The molecule has 3 aromatic rings. The summed E-state index contributed by atoms with van der Waals surface area (Å²) in [6, 6.07) is 13.7. The number of hydrogen-bond donors (Lipinski definition) is 1. The van der Waals surface area contributed by atoms with Gasteiger partial charge >= 0.3 is 5.84 Å². The van der Waals surface area contributed by atoms with Crippen LogP contribution in [0.15, 0.2) is 75.0 Å². The van der Waals surface area contributed by atoms with E-state index in [0.29, 0.717) is 17.2 Å². The third-order valence-corrected chi connectivity index (χ3v) is 4.16. The van der Waals surface area contributed by atoms with Gasteiger partial charge in [-0.1, -0.05) is 17.7 Å². The van der Waals surface area contributed by atoms with Gasteiger partial charge in [0.2, 0.25) is 0 Å². The summed E-state index contributed by atoms with van der Waals surface area (Å²) in [6.45, 7) is 1.97. The molecule has 0 spiro atoms. The van der Waals surface area contributed by atoms with Crippen LogP contribution >= 0.6 is 0 Å². The quantitative estimate of drug-likeness (QED) is 0.571. The number of benzene rings is 1. The summed E-state index contributed by atoms with van der Waals surface area (Å²) in [5.41, 5.74) is 1.79. The van der Waals surface area contributed by atoms with E-state index >= 15 is 0 Å². The number of hydrazone groups is 1. The normalized spacial score (nSPS) is 20.0. The number of anilines is 1. The zero-order valence-electron chi connectivity index (χ0n) is 13.9. The average Bonchev–Trinajstić information content (AvgIpc) is 3.35. The van der Waals surface area contributed by atoms with Crippen molar-refractivity contribution in [3.05, 3.63) is 88.3 Å². The second-order valence-corrected chi connectivity index (χ2v) is 5.93. The van der Waals surface area contributed by atoms with Crippen molar-refractivity contribution < 1.29 is 13.8 Å². The molecule has 2 atom stereocenters. The van der Waals surface area contributed by atoms with Crippen molar-refractivity contribution in [1.29, 1.82) is 0 Å². The van der Waals surface area contributed by atoms with Crippen LogP contribution < -0.4 is 10.3 Å². The smallest absolute Gasteiger partial charge is 0.389 e. The molecule has 0 saturated heterocycles. The second kappa shape index (κ2) is 6.49. The van der Waals surface area contributed by atoms with Crippen LogP contribution in [0.25, 0.3) is 0 Å². The number of nitro groups is 1. The molecule has 0 aliphatic carbocycles. The first-order chi connectivity index (χ1) is 12.6. The molecule has 8 nitrogen and oxygen atoms in total. The van der Waals surface area contributed by atoms with E-state index in [9.17, 15) is 10.1 Å². The molecule has 0 fully saturated rings. The SMILES string of the molecule is Cc1ccc(N2N=C([N+](=O)[O-])[C@@H](c3ccco3)N[C@@H]2c2ccco2)cc1. The predicted molar refractivity (Wildman–Crippen MR) is 94.1 cm³/mol. The lowest BCUT2D eigenvalue weighted by Crippen LogP contribution is -2.47. The van der Waals surface area contributed by atoms with Gasteiger partial charge in [0.25, 0.3) is 0 Å². The number of amidine groups is 1. The monoisotopic (exact) mass is 352 g/mol. The predicted octanol–water partition coefficient (Wildman–Crippen LogP) is 3.62. The van der Waals surface area contributed by atoms with Gasteiger partial charge in [-0.2, -0.15) is 0 Å². The van der Waals surface area contributed by atoms with Gasteiger partial charge in [-0.3, -0.25) is 5.32 Å². The molecule has 0 amide bonds. The van der Waals surface area contributed by atoms with Crippen molar-refractivity contribution in [3.8, 4) is 0 Å². The van der Waals surface area contributed by atoms with Crippen LogP contribution in [0.2, 0.25) is 0 Å². The third-order valence-electron chi connectivity index (χ3n) is 4.16. The molecule has 3 heterocycles. The summed E-state index contributed by atoms with van der Waals surface area (Å²) < 4.78 is 10.9. The Hall–Kier alpha value is -3.39. The number of nitrogens with zero attached hydrogens (tertiary/aromatic N) is 3. The highest BCUT2D eigenvalue weighted by atomic mass is 16.6. The molecule has 0 saturated carbocycles. The number of nitrogens with one attached hydrogen (secondary N) is 1. The minimum atomic E-state index is -0.795. The molecule has 4 rings (SSSR count). The lowest BCUT2D eigenvalue weighted by Gasteiger charge is -2.30. The van der Waals surface area contributed by atoms with E-state index in [1.165, 1.54) is 6.26 Å². The molecule has 1 aliphatic rings. The van der Waals surface area contributed by atoms with Gasteiger partial charge < -0.3 is 18.9 Å². The summed E-state index contributed by atoms with van der Waals surface area (Å²) >= 11 is 0. The van der Waals surface area contributed by atoms with Crippen LogP contribution in [0.5, 0.6) is 0 Å². The Morgan fingerprint density at radius 3 is 2.31 bits per heavy atom. The highest BCUT2D eigenvalue weighted by Gasteiger charge is 2.43. The molecule has 8 heteroatoms. The lowest BCUT2D eigenvalue weighted by atomic mass is 10.1. The zero-order valence-corrected chi connectivity index (χ0v) is 13.9. The standard InChI is InChI=1S/C18H16N4O4/c1-12-6-8-13(9-7-12)21-17(15-5-3-11-26-15)19-16(14-4-2-10-25-14)18(20-21)22(23)24/h2-11,16-17,19H,1H3/t16-,17+/m1/s1. The van der Waals surface area contributed by atoms with E-state index in [-0.39, 0.29) is 5.84 Å². The van der Waals surface area contributed by atoms with E-state index in [1.54, 1.807) is 35.5 Å². The van der Waals surface area contributed by atoms with E-state index in [0.717, 1.165) is 5.56 Å². The fourth-order valence-electron chi connectivity index (χ4n) is 2.89. The summed E-state index contributed by atoms with van der Waals surface area (Å²) in [5.74, 6) is 0.761. The molecule has 1 aliphatic heterocycles. The molecule has 1 N–H and O–H groups in total. The fraction of sp³-hybridized carbons (Fsp3) is 0.167. The summed E-state index contributed by atoms with van der Waals surface area (Å²) in [7, 11) is 0. The van der Waals surface area contributed by atoms with Gasteiger partial charge in [0.05, 0.1) is 23.3 Å². The minimum Gasteiger partial charge on any atom is -0.467 e. The van der Waals surface area contributed by atoms with Gasteiger partial charge in [0, 0.05) is 0 Å². The molecule has 132 valence electrons. The summed E-state index contributed by atoms with van der Waals surface area (Å²) in [5, 5.41) is 20.7. The molecule has 1 aromatic carbocycles. The Bertz CT molecular complexity index is 917. The lowest BCUT2D eigenvalue weighted by molar-refractivity contribution is -0.356. The Morgan fingerprint density at radius 2 is 1.73 bits per heavy atom. The van der Waals surface area contributed by atoms with Gasteiger partial charge in [0.15, 0.2) is 12.2 Å². The van der Waals surface area contributed by atoms with E-state index in [1.807, 2.05) is 31.2 Å². The van der Waals surface area contributed by atoms with E-state index < -0.39 is 17.1 Å². The topological polar surface area (TPSA) is 97.0 Å². The van der Waals surface area contributed by atoms with Gasteiger partial charge in [-0.25, -0.2) is 0 Å². The molecule has 26 heavy (non-hydrogen) atoms. The van der Waals surface area contributed by atoms with Crippen molar-refractivity contribution in [2.24, 2.45) is 5.10 Å². The molecular weight excluding hydrogens is 336 g/mol. The molecule has 0 radical (unpaired) electrons. The van der Waals surface area contributed by atoms with Gasteiger partial charge in [-0.15, -0.1) is 5.01 Å². The maximum atomic E-state index is 11.6. The number of rotatable bonds is 3. The molecule has 0 bridgehead atoms. The highest BCUT2D eigenvalue weighted by molar-refractivity contribution is 5.83. The minimum absolute atomic E-state index is 0.247. The van der Waals surface area contributed by atoms with Crippen LogP contribution in [0.3, 0.4) is 0 Å². The summed E-state index contributed by atoms with van der Waals surface area (Å²) in [6.07, 6.45) is 2.51. The Morgan fingerprint density at radius 1 is 1.08 bits per heavy atom. The number of hydrogen-bond acceptors (Lipinski definition) is 7. The van der Waals surface area contributed by atoms with Crippen LogP contribution in [0, 0.1) is 17.0 Å². The van der Waals surface area contributed by atoms with Crippen LogP contribution in [-0.4, -0.2) is 10.8 Å². The maximum absolute atomic E-state index is 11.6. The third kappa shape index (κ3) is 2.86. The first-order valence-corrected chi connectivity index (χ1v) is 8.05. The maximum Gasteiger partial charge on any atom is 0.389 e. The van der Waals surface area contributed by atoms with Crippen molar-refractivity contribution in [2.75, 3.05) is 5.01 Å². The van der Waals surface area contributed by atoms with E-state index in [2.05, 4.69) is 10.4 Å². The second-order valence-electron chi connectivity index (χ2n) is 5.93. The van der Waals surface area contributed by atoms with Gasteiger partial charge in [-0.05, 0) is 48.2 Å². The first-order valence-electron chi connectivity index (χ1n) is 8.05. The fourth-order valence-corrected chi connectivity index (χ4v) is 2.89. The number of furan rings is 2. The van der Waals surface area contributed by atoms with Crippen molar-refractivity contribution in [1.82, 2.24) is 5.32 Å². The first kappa shape index (κ1) is 16.1. The Labute approximate surface area is 148 Å². The molecular formula is C18H16N4O4. The van der Waals surface area contributed by atoms with Crippen LogP contribution in [0.4, 0.5) is 5.69 Å². The van der Waals surface area contributed by atoms with Gasteiger partial charge in [0.1, 0.15) is 11.5 Å². The van der Waals surface area contributed by atoms with Crippen molar-refractivity contribution in [3.63, 3.8) is 0 Å². The van der Waals surface area contributed by atoms with Crippen molar-refractivity contribution >= 4 is 11.5 Å². The zero-order chi connectivity index (χ0) is 18.1. The van der Waals surface area contributed by atoms with Crippen LogP contribution in [0.1, 0.15) is 29.3 Å². The molecule has 0 unspecified atom stereocenters. The number of aryl methyl sites for hydroxylation is 1. The summed E-state index contributed by atoms with van der Waals surface area (Å²) in [4.78, 5) is 11.1.